The molecule has 0 aromatic heterocycles. The third kappa shape index (κ3) is 5.56. The number of amides is 1. The number of carbonyl (C=O) groups is 1. The minimum atomic E-state index is -0.504. The van der Waals surface area contributed by atoms with Gasteiger partial charge in [0.1, 0.15) is 0 Å². The fourth-order valence-corrected chi connectivity index (χ4v) is 2.29. The van der Waals surface area contributed by atoms with E-state index in [0.717, 1.165) is 5.69 Å². The van der Waals surface area contributed by atoms with Gasteiger partial charge in [-0.1, -0.05) is 34.1 Å². The molecule has 0 saturated carbocycles. The first-order chi connectivity index (χ1) is 11.1. The van der Waals surface area contributed by atoms with Crippen LogP contribution >= 0.6 is 15.9 Å². The first-order valence-corrected chi connectivity index (χ1v) is 7.96. The van der Waals surface area contributed by atoms with Crippen LogP contribution in [0.3, 0.4) is 0 Å². The minimum Gasteiger partial charge on any atom is -0.481 e. The van der Waals surface area contributed by atoms with Gasteiger partial charge in [0.25, 0.3) is 5.91 Å². The fraction of sp³-hybridized carbons (Fsp3) is 0.235. The number of carbonyl (C=O) groups excluding carboxylic acids is 1. The number of hydrogen-bond acceptors (Lipinski definition) is 3. The smallest absolute Gasteiger partial charge is 0.258 e. The molecule has 0 aliphatic carbocycles. The van der Waals surface area contributed by atoms with Crippen molar-refractivity contribution < 1.29 is 13.9 Å². The molecular formula is C17H18BrFN2O2. The topological polar surface area (TPSA) is 41.6 Å². The molecule has 1 N–H and O–H groups in total. The Hall–Kier alpha value is -2.08. The van der Waals surface area contributed by atoms with Crippen LogP contribution in [-0.4, -0.2) is 32.7 Å². The summed E-state index contributed by atoms with van der Waals surface area (Å²) in [6.07, 6.45) is 0. The highest BCUT2D eigenvalue weighted by molar-refractivity contribution is 9.10. The molecule has 6 heteroatoms. The summed E-state index contributed by atoms with van der Waals surface area (Å²) < 4.78 is 19.3. The van der Waals surface area contributed by atoms with Gasteiger partial charge in [-0.3, -0.25) is 4.79 Å². The molecule has 0 fully saturated rings. The van der Waals surface area contributed by atoms with Gasteiger partial charge < -0.3 is 15.0 Å². The summed E-state index contributed by atoms with van der Waals surface area (Å²) in [5, 5.41) is 2.75. The average molecular weight is 381 g/mol. The molecular weight excluding hydrogens is 363 g/mol. The van der Waals surface area contributed by atoms with E-state index in [-0.39, 0.29) is 18.3 Å². The molecule has 0 heterocycles. The van der Waals surface area contributed by atoms with E-state index in [9.17, 15) is 9.18 Å². The third-order valence-corrected chi connectivity index (χ3v) is 3.71. The van der Waals surface area contributed by atoms with E-state index in [1.807, 2.05) is 42.3 Å². The largest absolute Gasteiger partial charge is 0.481 e. The van der Waals surface area contributed by atoms with Crippen LogP contribution in [-0.2, 0) is 4.79 Å². The highest BCUT2D eigenvalue weighted by atomic mass is 79.9. The van der Waals surface area contributed by atoms with Crippen molar-refractivity contribution in [2.45, 2.75) is 0 Å². The van der Waals surface area contributed by atoms with Gasteiger partial charge in [-0.2, -0.15) is 0 Å². The van der Waals surface area contributed by atoms with Crippen LogP contribution in [0.25, 0.3) is 0 Å². The van der Waals surface area contributed by atoms with Crippen LogP contribution < -0.4 is 15.0 Å². The third-order valence-electron chi connectivity index (χ3n) is 3.22. The Labute approximate surface area is 143 Å². The van der Waals surface area contributed by atoms with Crippen LogP contribution in [0.1, 0.15) is 0 Å². The first-order valence-electron chi connectivity index (χ1n) is 7.17. The molecule has 2 aromatic carbocycles. The number of hydrogen-bond donors (Lipinski definition) is 1. The van der Waals surface area contributed by atoms with Crippen LogP contribution in [0.5, 0.6) is 5.75 Å². The Balaban J connectivity index is 1.71. The highest BCUT2D eigenvalue weighted by Gasteiger charge is 2.07. The second kappa shape index (κ2) is 8.53. The normalized spacial score (nSPS) is 10.2. The van der Waals surface area contributed by atoms with Gasteiger partial charge in [0.05, 0.1) is 0 Å². The van der Waals surface area contributed by atoms with E-state index < -0.39 is 5.82 Å². The van der Waals surface area contributed by atoms with Crippen LogP contribution in [0.15, 0.2) is 53.0 Å². The molecule has 0 radical (unpaired) electrons. The molecule has 0 atom stereocenters. The maximum Gasteiger partial charge on any atom is 0.258 e. The lowest BCUT2D eigenvalue weighted by atomic mass is 10.3. The summed E-state index contributed by atoms with van der Waals surface area (Å²) in [6.45, 7) is 0.937. The Morgan fingerprint density at radius 3 is 2.70 bits per heavy atom. The molecule has 0 unspecified atom stereocenters. The number of nitrogens with one attached hydrogen (secondary N) is 1. The van der Waals surface area contributed by atoms with Gasteiger partial charge in [0.2, 0.25) is 0 Å². The second-order valence-electron chi connectivity index (χ2n) is 4.97. The van der Waals surface area contributed by atoms with Crippen LogP contribution in [0.4, 0.5) is 10.1 Å². The van der Waals surface area contributed by atoms with E-state index in [1.165, 1.54) is 12.1 Å². The van der Waals surface area contributed by atoms with Crippen molar-refractivity contribution >= 4 is 27.5 Å². The number of likely N-dealkylation sites (N-methyl/N-ethyl adjacent to an activating group) is 1. The van der Waals surface area contributed by atoms with E-state index >= 15 is 0 Å². The molecule has 0 saturated heterocycles. The summed E-state index contributed by atoms with van der Waals surface area (Å²) in [6, 6.07) is 14.3. The lowest BCUT2D eigenvalue weighted by Crippen LogP contribution is -2.35. The van der Waals surface area contributed by atoms with Crippen LogP contribution in [0.2, 0.25) is 0 Å². The molecule has 0 aliphatic heterocycles. The monoisotopic (exact) mass is 380 g/mol. The van der Waals surface area contributed by atoms with Crippen molar-refractivity contribution in [1.29, 1.82) is 0 Å². The maximum atomic E-state index is 13.6. The molecule has 0 aliphatic rings. The number of ether oxygens (including phenoxy) is 1. The molecule has 0 spiro atoms. The number of anilines is 1. The van der Waals surface area contributed by atoms with E-state index in [0.29, 0.717) is 17.6 Å². The van der Waals surface area contributed by atoms with Crippen molar-refractivity contribution in [3.05, 3.63) is 58.8 Å². The maximum absolute atomic E-state index is 13.6. The van der Waals surface area contributed by atoms with Crippen molar-refractivity contribution in [2.24, 2.45) is 0 Å². The van der Waals surface area contributed by atoms with Crippen molar-refractivity contribution in [1.82, 2.24) is 5.32 Å². The molecule has 2 rings (SSSR count). The number of para-hydroxylation sites is 1. The summed E-state index contributed by atoms with van der Waals surface area (Å²) in [5.74, 6) is -0.727. The Morgan fingerprint density at radius 1 is 1.26 bits per heavy atom. The van der Waals surface area contributed by atoms with Gasteiger partial charge in [-0.15, -0.1) is 0 Å². The minimum absolute atomic E-state index is 0.0600. The average Bonchev–Trinajstić information content (AvgIpc) is 2.54. The van der Waals surface area contributed by atoms with Crippen molar-refractivity contribution in [3.63, 3.8) is 0 Å². The standard InChI is InChI=1S/C17H18BrFN2O2/c1-21(14-5-3-2-4-6-14)10-9-20-17(22)12-23-16-8-7-13(18)11-15(16)19/h2-8,11H,9-10,12H2,1H3,(H,20,22). The van der Waals surface area contributed by atoms with E-state index in [1.54, 1.807) is 6.07 Å². The van der Waals surface area contributed by atoms with Gasteiger partial charge in [-0.25, -0.2) is 4.39 Å². The van der Waals surface area contributed by atoms with Crippen molar-refractivity contribution in [3.8, 4) is 5.75 Å². The van der Waals surface area contributed by atoms with E-state index in [2.05, 4.69) is 21.2 Å². The number of rotatable bonds is 7. The molecule has 2 aromatic rings. The van der Waals surface area contributed by atoms with Gasteiger partial charge >= 0.3 is 0 Å². The lowest BCUT2D eigenvalue weighted by Gasteiger charge is -2.19. The zero-order chi connectivity index (χ0) is 16.7. The second-order valence-corrected chi connectivity index (χ2v) is 5.89. The Morgan fingerprint density at radius 2 is 2.00 bits per heavy atom. The highest BCUT2D eigenvalue weighted by Crippen LogP contribution is 2.21. The van der Waals surface area contributed by atoms with E-state index in [4.69, 9.17) is 4.74 Å². The summed E-state index contributed by atoms with van der Waals surface area (Å²) in [5.41, 5.74) is 1.08. The number of nitrogens with zero attached hydrogens (tertiary/aromatic N) is 1. The van der Waals surface area contributed by atoms with Crippen molar-refractivity contribution in [2.75, 3.05) is 31.6 Å². The Kier molecular flexibility index (Phi) is 6.40. The predicted molar refractivity (Wildman–Crippen MR) is 92.3 cm³/mol. The fourth-order valence-electron chi connectivity index (χ4n) is 1.96. The zero-order valence-electron chi connectivity index (χ0n) is 12.8. The van der Waals surface area contributed by atoms with Gasteiger partial charge in [0.15, 0.2) is 18.2 Å². The molecule has 122 valence electrons. The van der Waals surface area contributed by atoms with Crippen LogP contribution in [0, 0.1) is 5.82 Å². The summed E-state index contributed by atoms with van der Waals surface area (Å²) in [4.78, 5) is 13.8. The first kappa shape index (κ1) is 17.3. The Bertz CT molecular complexity index is 652. The van der Waals surface area contributed by atoms with Gasteiger partial charge in [-0.05, 0) is 30.3 Å². The summed E-state index contributed by atoms with van der Waals surface area (Å²) in [7, 11) is 1.95. The molecule has 23 heavy (non-hydrogen) atoms. The predicted octanol–water partition coefficient (Wildman–Crippen LogP) is 3.22. The molecule has 4 nitrogen and oxygen atoms in total. The summed E-state index contributed by atoms with van der Waals surface area (Å²) >= 11 is 3.16. The zero-order valence-corrected chi connectivity index (χ0v) is 14.3. The quantitative estimate of drug-likeness (QED) is 0.801. The number of halogens is 2. The molecule has 0 bridgehead atoms. The SMILES string of the molecule is CN(CCNC(=O)COc1ccc(Br)cc1F)c1ccccc1. The molecule has 1 amide bonds. The van der Waals surface area contributed by atoms with Gasteiger partial charge in [0, 0.05) is 30.3 Å². The number of benzene rings is 2. The lowest BCUT2D eigenvalue weighted by molar-refractivity contribution is -0.123.